The summed E-state index contributed by atoms with van der Waals surface area (Å²) in [7, 11) is 0. The van der Waals surface area contributed by atoms with Crippen LogP contribution in [0.15, 0.2) is 48.5 Å². The molecular formula is C22H29NO2. The van der Waals surface area contributed by atoms with E-state index in [1.807, 2.05) is 30.3 Å². The van der Waals surface area contributed by atoms with Crippen LogP contribution in [0, 0.1) is 5.92 Å². The quantitative estimate of drug-likeness (QED) is 0.856. The summed E-state index contributed by atoms with van der Waals surface area (Å²) in [4.78, 5) is 2.46. The first-order valence-electron chi connectivity index (χ1n) is 9.32. The van der Waals surface area contributed by atoms with Crippen LogP contribution in [0.1, 0.15) is 43.1 Å². The molecule has 0 aromatic heterocycles. The topological polar surface area (TPSA) is 32.7 Å². The molecule has 3 heteroatoms. The van der Waals surface area contributed by atoms with Crippen LogP contribution < -0.4 is 4.74 Å². The molecule has 3 nitrogen and oxygen atoms in total. The van der Waals surface area contributed by atoms with E-state index in [2.05, 4.69) is 36.9 Å². The molecule has 2 aromatic rings. The Bertz CT molecular complexity index is 669. The maximum atomic E-state index is 10.6. The molecule has 1 N–H and O–H groups in total. The van der Waals surface area contributed by atoms with E-state index in [0.29, 0.717) is 12.3 Å². The highest BCUT2D eigenvalue weighted by Crippen LogP contribution is 2.28. The van der Waals surface area contributed by atoms with Crippen molar-refractivity contribution in [1.82, 2.24) is 4.90 Å². The van der Waals surface area contributed by atoms with Crippen LogP contribution in [0.2, 0.25) is 0 Å². The maximum Gasteiger partial charge on any atom is 0.123 e. The van der Waals surface area contributed by atoms with Crippen molar-refractivity contribution in [2.45, 2.75) is 39.3 Å². The predicted molar refractivity (Wildman–Crippen MR) is 102 cm³/mol. The number of aliphatic hydroxyl groups is 1. The summed E-state index contributed by atoms with van der Waals surface area (Å²) in [6, 6.07) is 16.3. The molecule has 0 radical (unpaired) electrons. The number of fused-ring (bicyclic) bond motifs is 1. The van der Waals surface area contributed by atoms with Crippen LogP contribution in [0.5, 0.6) is 5.75 Å². The largest absolute Gasteiger partial charge is 0.492 e. The van der Waals surface area contributed by atoms with Crippen LogP contribution in [-0.2, 0) is 13.0 Å². The van der Waals surface area contributed by atoms with E-state index >= 15 is 0 Å². The van der Waals surface area contributed by atoms with Gasteiger partial charge < -0.3 is 9.84 Å². The van der Waals surface area contributed by atoms with Gasteiger partial charge in [-0.25, -0.2) is 0 Å². The maximum absolute atomic E-state index is 10.6. The fourth-order valence-corrected chi connectivity index (χ4v) is 3.26. The molecule has 0 amide bonds. The highest BCUT2D eigenvalue weighted by Gasteiger charge is 2.18. The summed E-state index contributed by atoms with van der Waals surface area (Å²) >= 11 is 0. The molecule has 0 unspecified atom stereocenters. The molecule has 1 atom stereocenters. The lowest BCUT2D eigenvalue weighted by molar-refractivity contribution is 0.178. The first-order chi connectivity index (χ1) is 12.1. The Morgan fingerprint density at radius 1 is 1.12 bits per heavy atom. The Hall–Kier alpha value is -1.84. The van der Waals surface area contributed by atoms with E-state index in [1.54, 1.807) is 0 Å². The van der Waals surface area contributed by atoms with Gasteiger partial charge in [0.15, 0.2) is 0 Å². The van der Waals surface area contributed by atoms with Crippen molar-refractivity contribution in [3.8, 4) is 5.75 Å². The molecule has 2 aromatic carbocycles. The first kappa shape index (κ1) is 18.0. The van der Waals surface area contributed by atoms with E-state index in [0.717, 1.165) is 43.1 Å². The van der Waals surface area contributed by atoms with Gasteiger partial charge in [-0.3, -0.25) is 4.90 Å². The molecular weight excluding hydrogens is 310 g/mol. The highest BCUT2D eigenvalue weighted by molar-refractivity contribution is 5.39. The van der Waals surface area contributed by atoms with Crippen LogP contribution in [0.4, 0.5) is 0 Å². The number of ether oxygens (including phenoxy) is 1. The van der Waals surface area contributed by atoms with Crippen LogP contribution >= 0.6 is 0 Å². The van der Waals surface area contributed by atoms with Gasteiger partial charge in [0, 0.05) is 25.1 Å². The number of nitrogens with zero attached hydrogens (tertiary/aromatic N) is 1. The van der Waals surface area contributed by atoms with Gasteiger partial charge >= 0.3 is 0 Å². The zero-order chi connectivity index (χ0) is 17.6. The molecule has 0 saturated heterocycles. The minimum absolute atomic E-state index is 0.486. The van der Waals surface area contributed by atoms with Gasteiger partial charge in [0.25, 0.3) is 0 Å². The third-order valence-corrected chi connectivity index (χ3v) is 4.82. The SMILES string of the molecule is CC(C)CCN1CCOc2ccc([C@@H](O)Cc3ccccc3)cc2C1. The minimum Gasteiger partial charge on any atom is -0.492 e. The zero-order valence-electron chi connectivity index (χ0n) is 15.3. The molecule has 134 valence electrons. The van der Waals surface area contributed by atoms with Crippen molar-refractivity contribution in [3.63, 3.8) is 0 Å². The normalized spacial score (nSPS) is 16.2. The van der Waals surface area contributed by atoms with Crippen molar-refractivity contribution >= 4 is 0 Å². The molecule has 0 fully saturated rings. The average molecular weight is 339 g/mol. The lowest BCUT2D eigenvalue weighted by atomic mass is 9.99. The van der Waals surface area contributed by atoms with Gasteiger partial charge in [0.1, 0.15) is 12.4 Å². The fourth-order valence-electron chi connectivity index (χ4n) is 3.26. The number of hydrogen-bond acceptors (Lipinski definition) is 3. The molecule has 1 aliphatic rings. The number of aliphatic hydroxyl groups excluding tert-OH is 1. The fraction of sp³-hybridized carbons (Fsp3) is 0.455. The van der Waals surface area contributed by atoms with Gasteiger partial charge in [-0.15, -0.1) is 0 Å². The summed E-state index contributed by atoms with van der Waals surface area (Å²) < 4.78 is 5.92. The second kappa shape index (κ2) is 8.50. The Balaban J connectivity index is 1.71. The Morgan fingerprint density at radius 2 is 1.92 bits per heavy atom. The summed E-state index contributed by atoms with van der Waals surface area (Å²) in [6.07, 6.45) is 1.35. The Kier molecular flexibility index (Phi) is 6.11. The molecule has 0 bridgehead atoms. The van der Waals surface area contributed by atoms with Crippen LogP contribution in [0.25, 0.3) is 0 Å². The van der Waals surface area contributed by atoms with Gasteiger partial charge in [-0.2, -0.15) is 0 Å². The first-order valence-corrected chi connectivity index (χ1v) is 9.32. The number of benzene rings is 2. The molecule has 0 aliphatic carbocycles. The summed E-state index contributed by atoms with van der Waals surface area (Å²) in [5.74, 6) is 1.67. The van der Waals surface area contributed by atoms with Crippen LogP contribution in [-0.4, -0.2) is 29.7 Å². The predicted octanol–water partition coefficient (Wildman–Crippen LogP) is 4.20. The molecule has 25 heavy (non-hydrogen) atoms. The van der Waals surface area contributed by atoms with E-state index in [4.69, 9.17) is 4.74 Å². The van der Waals surface area contributed by atoms with Crippen molar-refractivity contribution in [2.24, 2.45) is 5.92 Å². The number of hydrogen-bond donors (Lipinski definition) is 1. The molecule has 3 rings (SSSR count). The van der Waals surface area contributed by atoms with Crippen molar-refractivity contribution < 1.29 is 9.84 Å². The Labute approximate surface area is 151 Å². The Morgan fingerprint density at radius 3 is 2.68 bits per heavy atom. The number of rotatable bonds is 6. The summed E-state index contributed by atoms with van der Waals surface area (Å²) in [6.45, 7) is 8.21. The second-order valence-corrected chi connectivity index (χ2v) is 7.38. The second-order valence-electron chi connectivity index (χ2n) is 7.38. The lowest BCUT2D eigenvalue weighted by Gasteiger charge is -2.20. The summed E-state index contributed by atoms with van der Waals surface area (Å²) in [5.41, 5.74) is 3.31. The smallest absolute Gasteiger partial charge is 0.123 e. The lowest BCUT2D eigenvalue weighted by Crippen LogP contribution is -2.27. The standard InChI is InChI=1S/C22H29NO2/c1-17(2)10-11-23-12-13-25-22-9-8-19(15-20(22)16-23)21(24)14-18-6-4-3-5-7-18/h3-9,15,17,21,24H,10-14,16H2,1-2H3/t21-/m0/s1. The molecule has 1 heterocycles. The third-order valence-electron chi connectivity index (χ3n) is 4.82. The molecule has 0 spiro atoms. The van der Waals surface area contributed by atoms with Crippen molar-refractivity contribution in [3.05, 3.63) is 65.2 Å². The van der Waals surface area contributed by atoms with Crippen molar-refractivity contribution in [1.29, 1.82) is 0 Å². The summed E-state index contributed by atoms with van der Waals surface area (Å²) in [5, 5.41) is 10.6. The van der Waals surface area contributed by atoms with Gasteiger partial charge in [0.05, 0.1) is 6.10 Å². The minimum atomic E-state index is -0.486. The highest BCUT2D eigenvalue weighted by atomic mass is 16.5. The van der Waals surface area contributed by atoms with Gasteiger partial charge in [0.2, 0.25) is 0 Å². The third kappa shape index (κ3) is 5.07. The van der Waals surface area contributed by atoms with E-state index in [9.17, 15) is 5.11 Å². The van der Waals surface area contributed by atoms with Crippen LogP contribution in [0.3, 0.4) is 0 Å². The van der Waals surface area contributed by atoms with E-state index in [-0.39, 0.29) is 0 Å². The average Bonchev–Trinajstić information content (AvgIpc) is 2.82. The van der Waals surface area contributed by atoms with Crippen molar-refractivity contribution in [2.75, 3.05) is 19.7 Å². The monoisotopic (exact) mass is 339 g/mol. The molecule has 1 aliphatic heterocycles. The van der Waals surface area contributed by atoms with E-state index < -0.39 is 6.10 Å². The van der Waals surface area contributed by atoms with Gasteiger partial charge in [-0.05, 0) is 42.1 Å². The molecule has 0 saturated carbocycles. The van der Waals surface area contributed by atoms with E-state index in [1.165, 1.54) is 12.0 Å². The van der Waals surface area contributed by atoms with Gasteiger partial charge in [-0.1, -0.05) is 50.2 Å². The zero-order valence-corrected chi connectivity index (χ0v) is 15.3.